The van der Waals surface area contributed by atoms with Crippen molar-refractivity contribution < 1.29 is 28.5 Å². The van der Waals surface area contributed by atoms with Crippen LogP contribution in [0.4, 0.5) is 11.4 Å². The Hall–Kier alpha value is -3.04. The summed E-state index contributed by atoms with van der Waals surface area (Å²) in [4.78, 5) is 25.2. The van der Waals surface area contributed by atoms with Gasteiger partial charge in [0.25, 0.3) is 5.91 Å². The molecule has 1 unspecified atom stereocenters. The Morgan fingerprint density at radius 2 is 1.34 bits per heavy atom. The van der Waals surface area contributed by atoms with Gasteiger partial charge in [0.15, 0.2) is 5.78 Å². The fourth-order valence-electron chi connectivity index (χ4n) is 2.96. The first-order valence-corrected chi connectivity index (χ1v) is 11.9. The van der Waals surface area contributed by atoms with Crippen LogP contribution in [-0.4, -0.2) is 44.2 Å². The summed E-state index contributed by atoms with van der Waals surface area (Å²) in [6.07, 6.45) is 0. The first-order valence-electron chi connectivity index (χ1n) is 11.2. The molecule has 2 aromatic rings. The Balaban J connectivity index is 2.36. The van der Waals surface area contributed by atoms with Gasteiger partial charge < -0.3 is 24.3 Å². The van der Waals surface area contributed by atoms with E-state index in [1.807, 2.05) is 20.8 Å². The third kappa shape index (κ3) is 7.73. The molecule has 1 amide bonds. The van der Waals surface area contributed by atoms with E-state index < -0.39 is 17.7 Å². The standard InChI is InChI=1S/C24H29Cl2N3O6/c1-6-32-16-12-17(21(25)20(13-16)35-9-4)27-24(31)23(14(5)30)29-28-15-10-18(33-7-2)22(26)19(11-15)34-8-3/h10-13,23H,6-9H2,1-5H3,(H,27,31). The first kappa shape index (κ1) is 28.2. The van der Waals surface area contributed by atoms with Crippen molar-refractivity contribution in [3.63, 3.8) is 0 Å². The van der Waals surface area contributed by atoms with Gasteiger partial charge in [-0.05, 0) is 34.6 Å². The van der Waals surface area contributed by atoms with Crippen molar-refractivity contribution in [3.05, 3.63) is 34.3 Å². The van der Waals surface area contributed by atoms with E-state index in [4.69, 9.17) is 42.1 Å². The van der Waals surface area contributed by atoms with Gasteiger partial charge in [-0.1, -0.05) is 23.2 Å². The molecule has 0 fully saturated rings. The van der Waals surface area contributed by atoms with E-state index in [1.165, 1.54) is 6.92 Å². The second kappa shape index (κ2) is 13.7. The lowest BCUT2D eigenvalue weighted by Crippen LogP contribution is -2.32. The molecule has 1 atom stereocenters. The van der Waals surface area contributed by atoms with Crippen molar-refractivity contribution in [1.29, 1.82) is 0 Å². The minimum atomic E-state index is -1.43. The molecule has 0 saturated carbocycles. The van der Waals surface area contributed by atoms with Crippen molar-refractivity contribution in [2.75, 3.05) is 31.7 Å². The number of anilines is 1. The molecule has 0 heterocycles. The van der Waals surface area contributed by atoms with Crippen molar-refractivity contribution in [2.45, 2.75) is 40.7 Å². The number of halogens is 2. The highest BCUT2D eigenvalue weighted by molar-refractivity contribution is 6.35. The van der Waals surface area contributed by atoms with E-state index in [2.05, 4.69) is 15.5 Å². The van der Waals surface area contributed by atoms with E-state index in [0.717, 1.165) is 0 Å². The molecule has 2 rings (SSSR count). The monoisotopic (exact) mass is 525 g/mol. The summed E-state index contributed by atoms with van der Waals surface area (Å²) in [5.74, 6) is 0.247. The zero-order valence-electron chi connectivity index (χ0n) is 20.3. The number of hydrogen-bond acceptors (Lipinski definition) is 8. The molecule has 0 radical (unpaired) electrons. The average Bonchev–Trinajstić information content (AvgIpc) is 2.80. The quantitative estimate of drug-likeness (QED) is 0.244. The molecule has 9 nitrogen and oxygen atoms in total. The van der Waals surface area contributed by atoms with Gasteiger partial charge in [0, 0.05) is 24.3 Å². The van der Waals surface area contributed by atoms with E-state index >= 15 is 0 Å². The maximum absolute atomic E-state index is 13.0. The van der Waals surface area contributed by atoms with Crippen LogP contribution in [0.15, 0.2) is 34.5 Å². The van der Waals surface area contributed by atoms with Crippen LogP contribution in [0.25, 0.3) is 0 Å². The highest BCUT2D eigenvalue weighted by atomic mass is 35.5. The highest BCUT2D eigenvalue weighted by Gasteiger charge is 2.25. The number of nitrogens with zero attached hydrogens (tertiary/aromatic N) is 2. The molecule has 0 saturated heterocycles. The number of nitrogens with one attached hydrogen (secondary N) is 1. The molecular weight excluding hydrogens is 497 g/mol. The van der Waals surface area contributed by atoms with Crippen molar-refractivity contribution in [1.82, 2.24) is 0 Å². The molecule has 0 aliphatic rings. The third-order valence-corrected chi connectivity index (χ3v) is 5.16. The van der Waals surface area contributed by atoms with E-state index in [1.54, 1.807) is 31.2 Å². The number of ether oxygens (including phenoxy) is 4. The molecule has 0 bridgehead atoms. The Kier molecular flexibility index (Phi) is 11.1. The molecule has 0 aromatic heterocycles. The van der Waals surface area contributed by atoms with Crippen molar-refractivity contribution in [2.24, 2.45) is 10.2 Å². The Morgan fingerprint density at radius 1 is 0.829 bits per heavy atom. The van der Waals surface area contributed by atoms with Crippen LogP contribution in [0.5, 0.6) is 23.0 Å². The molecule has 35 heavy (non-hydrogen) atoms. The number of rotatable bonds is 13. The fourth-order valence-corrected chi connectivity index (χ4v) is 3.38. The lowest BCUT2D eigenvalue weighted by Gasteiger charge is -2.15. The number of amides is 1. The summed E-state index contributed by atoms with van der Waals surface area (Å²) >= 11 is 12.7. The first-order chi connectivity index (χ1) is 16.7. The second-order valence-corrected chi connectivity index (χ2v) is 7.74. The summed E-state index contributed by atoms with van der Waals surface area (Å²) < 4.78 is 22.1. The van der Waals surface area contributed by atoms with Crippen LogP contribution in [0.3, 0.4) is 0 Å². The van der Waals surface area contributed by atoms with Crippen LogP contribution in [-0.2, 0) is 9.59 Å². The number of carbonyl (C=O) groups is 2. The SMILES string of the molecule is CCOc1cc(NC(=O)C(N=Nc2cc(OCC)c(Cl)c(OCC)c2)C(C)=O)c(Cl)c(OCC)c1. The lowest BCUT2D eigenvalue weighted by atomic mass is 10.2. The van der Waals surface area contributed by atoms with Crippen LogP contribution in [0.1, 0.15) is 34.6 Å². The maximum atomic E-state index is 13.0. The van der Waals surface area contributed by atoms with E-state index in [9.17, 15) is 9.59 Å². The molecular formula is C24H29Cl2N3O6. The van der Waals surface area contributed by atoms with Gasteiger partial charge in [0.2, 0.25) is 6.04 Å². The van der Waals surface area contributed by atoms with Gasteiger partial charge in [0.1, 0.15) is 33.0 Å². The summed E-state index contributed by atoms with van der Waals surface area (Å²) in [5.41, 5.74) is 0.520. The molecule has 11 heteroatoms. The summed E-state index contributed by atoms with van der Waals surface area (Å²) in [5, 5.41) is 11.1. The van der Waals surface area contributed by atoms with Gasteiger partial charge in [-0.3, -0.25) is 9.59 Å². The maximum Gasteiger partial charge on any atom is 0.258 e. The Labute approximate surface area is 214 Å². The molecule has 1 N–H and O–H groups in total. The highest BCUT2D eigenvalue weighted by Crippen LogP contribution is 2.39. The minimum Gasteiger partial charge on any atom is -0.494 e. The van der Waals surface area contributed by atoms with Gasteiger partial charge in [-0.25, -0.2) is 0 Å². The van der Waals surface area contributed by atoms with Gasteiger partial charge >= 0.3 is 0 Å². The van der Waals surface area contributed by atoms with Crippen LogP contribution >= 0.6 is 23.2 Å². The second-order valence-electron chi connectivity index (χ2n) is 6.99. The normalized spacial score (nSPS) is 11.7. The van der Waals surface area contributed by atoms with Crippen LogP contribution in [0, 0.1) is 0 Å². The Bertz CT molecular complexity index is 1050. The van der Waals surface area contributed by atoms with E-state index in [-0.39, 0.29) is 10.7 Å². The number of ketones is 1. The van der Waals surface area contributed by atoms with Gasteiger partial charge in [-0.2, -0.15) is 10.2 Å². The zero-order valence-corrected chi connectivity index (χ0v) is 21.8. The van der Waals surface area contributed by atoms with Crippen LogP contribution < -0.4 is 24.3 Å². The van der Waals surface area contributed by atoms with Gasteiger partial charge in [-0.15, -0.1) is 0 Å². The topological polar surface area (TPSA) is 108 Å². The smallest absolute Gasteiger partial charge is 0.258 e. The molecule has 0 aliphatic carbocycles. The van der Waals surface area contributed by atoms with Crippen molar-refractivity contribution in [3.8, 4) is 23.0 Å². The molecule has 2 aromatic carbocycles. The summed E-state index contributed by atoms with van der Waals surface area (Å²) in [6, 6.07) is 4.83. The van der Waals surface area contributed by atoms with Crippen LogP contribution in [0.2, 0.25) is 10.0 Å². The number of Topliss-reactive ketones (excluding diaryl/α,β-unsaturated/α-hetero) is 1. The van der Waals surface area contributed by atoms with Crippen molar-refractivity contribution >= 4 is 46.3 Å². The predicted molar refractivity (Wildman–Crippen MR) is 135 cm³/mol. The van der Waals surface area contributed by atoms with E-state index in [0.29, 0.717) is 60.1 Å². The number of hydrogen-bond donors (Lipinski definition) is 1. The molecule has 0 spiro atoms. The molecule has 190 valence electrons. The minimum absolute atomic E-state index is 0.170. The Morgan fingerprint density at radius 3 is 1.83 bits per heavy atom. The number of azo groups is 1. The fraction of sp³-hybridized carbons (Fsp3) is 0.417. The largest absolute Gasteiger partial charge is 0.494 e. The third-order valence-electron chi connectivity index (χ3n) is 4.39. The van der Waals surface area contributed by atoms with Gasteiger partial charge in [0.05, 0.1) is 37.8 Å². The number of carbonyl (C=O) groups excluding carboxylic acids is 2. The summed E-state index contributed by atoms with van der Waals surface area (Å²) in [7, 11) is 0. The summed E-state index contributed by atoms with van der Waals surface area (Å²) in [6.45, 7) is 9.99. The predicted octanol–water partition coefficient (Wildman–Crippen LogP) is 6.27. The zero-order chi connectivity index (χ0) is 26.0. The molecule has 0 aliphatic heterocycles. The number of benzene rings is 2. The lowest BCUT2D eigenvalue weighted by molar-refractivity contribution is -0.126. The average molecular weight is 526 g/mol.